The van der Waals surface area contributed by atoms with Gasteiger partial charge in [0.25, 0.3) is 0 Å². The summed E-state index contributed by atoms with van der Waals surface area (Å²) in [6, 6.07) is 3.87. The molecule has 1 aliphatic heterocycles. The van der Waals surface area contributed by atoms with Crippen molar-refractivity contribution in [2.24, 2.45) is 0 Å². The van der Waals surface area contributed by atoms with Crippen LogP contribution in [-0.4, -0.2) is 42.5 Å². The van der Waals surface area contributed by atoms with Crippen LogP contribution in [0.1, 0.15) is 0 Å². The van der Waals surface area contributed by atoms with E-state index in [0.29, 0.717) is 6.54 Å². The van der Waals surface area contributed by atoms with Gasteiger partial charge >= 0.3 is 0 Å². The summed E-state index contributed by atoms with van der Waals surface area (Å²) in [7, 11) is 1.63. The number of aliphatic hydroxyl groups excluding tert-OH is 1. The van der Waals surface area contributed by atoms with E-state index in [9.17, 15) is 5.11 Å². The van der Waals surface area contributed by atoms with Crippen LogP contribution in [0.15, 0.2) is 24.5 Å². The Morgan fingerprint density at radius 1 is 1.43 bits per heavy atom. The van der Waals surface area contributed by atoms with Crippen molar-refractivity contribution in [1.29, 1.82) is 0 Å². The summed E-state index contributed by atoms with van der Waals surface area (Å²) < 4.78 is 5.17. The molecular weight excluding hydrogens is 180 g/mol. The molecule has 0 bridgehead atoms. The number of hydrogen-bond donors (Lipinski definition) is 1. The van der Waals surface area contributed by atoms with Crippen LogP contribution in [-0.2, 0) is 4.74 Å². The Morgan fingerprint density at radius 2 is 2.14 bits per heavy atom. The Balaban J connectivity index is 2.09. The first-order valence-corrected chi connectivity index (χ1v) is 4.67. The topological polar surface area (TPSA) is 45.6 Å². The number of pyridine rings is 1. The quantitative estimate of drug-likeness (QED) is 0.734. The number of nitrogens with zero attached hydrogens (tertiary/aromatic N) is 2. The molecule has 4 heteroatoms. The zero-order chi connectivity index (χ0) is 9.97. The molecule has 1 fully saturated rings. The van der Waals surface area contributed by atoms with Crippen LogP contribution >= 0.6 is 0 Å². The van der Waals surface area contributed by atoms with Gasteiger partial charge in [0.2, 0.25) is 0 Å². The van der Waals surface area contributed by atoms with Gasteiger partial charge in [0.05, 0.1) is 6.10 Å². The average molecular weight is 194 g/mol. The molecule has 2 rings (SSSR count). The van der Waals surface area contributed by atoms with Crippen molar-refractivity contribution in [1.82, 2.24) is 4.98 Å². The number of ether oxygens (including phenoxy) is 1. The monoisotopic (exact) mass is 194 g/mol. The SMILES string of the molecule is CO[C@@H]1CN(c2ccncc2)C[C@H]1O. The molecule has 1 aromatic rings. The van der Waals surface area contributed by atoms with Gasteiger partial charge in [-0.3, -0.25) is 4.98 Å². The van der Waals surface area contributed by atoms with E-state index in [1.807, 2.05) is 12.1 Å². The number of anilines is 1. The normalized spacial score (nSPS) is 26.9. The molecule has 4 nitrogen and oxygen atoms in total. The fourth-order valence-electron chi connectivity index (χ4n) is 1.75. The second-order valence-electron chi connectivity index (χ2n) is 3.45. The first kappa shape index (κ1) is 9.43. The van der Waals surface area contributed by atoms with Crippen LogP contribution in [0.3, 0.4) is 0 Å². The second-order valence-corrected chi connectivity index (χ2v) is 3.45. The van der Waals surface area contributed by atoms with Gasteiger partial charge in [0, 0.05) is 38.3 Å². The number of rotatable bonds is 2. The van der Waals surface area contributed by atoms with Crippen molar-refractivity contribution in [3.63, 3.8) is 0 Å². The lowest BCUT2D eigenvalue weighted by molar-refractivity contribution is 0.0217. The van der Waals surface area contributed by atoms with Crippen LogP contribution in [0.2, 0.25) is 0 Å². The number of aromatic nitrogens is 1. The van der Waals surface area contributed by atoms with Crippen LogP contribution in [0.25, 0.3) is 0 Å². The summed E-state index contributed by atoms with van der Waals surface area (Å²) in [5.74, 6) is 0. The molecular formula is C10H14N2O2. The van der Waals surface area contributed by atoms with Gasteiger partial charge < -0.3 is 14.7 Å². The Morgan fingerprint density at radius 3 is 2.71 bits per heavy atom. The van der Waals surface area contributed by atoms with Crippen molar-refractivity contribution >= 4 is 5.69 Å². The van der Waals surface area contributed by atoms with E-state index in [4.69, 9.17) is 4.74 Å². The van der Waals surface area contributed by atoms with Gasteiger partial charge in [-0.15, -0.1) is 0 Å². The maximum atomic E-state index is 9.64. The maximum Gasteiger partial charge on any atom is 0.102 e. The van der Waals surface area contributed by atoms with E-state index in [2.05, 4.69) is 9.88 Å². The molecule has 2 heterocycles. The largest absolute Gasteiger partial charge is 0.388 e. The highest BCUT2D eigenvalue weighted by Gasteiger charge is 2.31. The van der Waals surface area contributed by atoms with Gasteiger partial charge in [0.15, 0.2) is 0 Å². The second kappa shape index (κ2) is 3.94. The Hall–Kier alpha value is -1.13. The predicted octanol–water partition coefficient (Wildman–Crippen LogP) is 0.277. The molecule has 0 aliphatic carbocycles. The molecule has 1 aliphatic rings. The van der Waals surface area contributed by atoms with Crippen molar-refractivity contribution in [3.05, 3.63) is 24.5 Å². The Kier molecular flexibility index (Phi) is 2.65. The minimum atomic E-state index is -0.395. The van der Waals surface area contributed by atoms with Crippen molar-refractivity contribution < 1.29 is 9.84 Å². The summed E-state index contributed by atoms with van der Waals surface area (Å²) >= 11 is 0. The fraction of sp³-hybridized carbons (Fsp3) is 0.500. The molecule has 1 aromatic heterocycles. The Bertz CT molecular complexity index is 291. The van der Waals surface area contributed by atoms with E-state index < -0.39 is 6.10 Å². The number of β-amino-alcohol motifs (C(OH)–C–C–N with tert-alkyl or cyclic N) is 1. The van der Waals surface area contributed by atoms with E-state index in [1.54, 1.807) is 19.5 Å². The third-order valence-electron chi connectivity index (χ3n) is 2.57. The summed E-state index contributed by atoms with van der Waals surface area (Å²) in [4.78, 5) is 6.05. The molecule has 14 heavy (non-hydrogen) atoms. The van der Waals surface area contributed by atoms with Crippen LogP contribution < -0.4 is 4.90 Å². The lowest BCUT2D eigenvalue weighted by atomic mass is 10.3. The molecule has 0 saturated carbocycles. The first-order chi connectivity index (χ1) is 6.81. The molecule has 2 atom stereocenters. The molecule has 76 valence electrons. The van der Waals surface area contributed by atoms with Gasteiger partial charge in [-0.05, 0) is 12.1 Å². The number of aliphatic hydroxyl groups is 1. The highest BCUT2D eigenvalue weighted by Crippen LogP contribution is 2.20. The van der Waals surface area contributed by atoms with Crippen LogP contribution in [0.5, 0.6) is 0 Å². The minimum Gasteiger partial charge on any atom is -0.388 e. The first-order valence-electron chi connectivity index (χ1n) is 4.67. The van der Waals surface area contributed by atoms with Gasteiger partial charge in [-0.2, -0.15) is 0 Å². The summed E-state index contributed by atoms with van der Waals surface area (Å²) in [5, 5.41) is 9.64. The molecule has 0 spiro atoms. The summed E-state index contributed by atoms with van der Waals surface area (Å²) in [6.07, 6.45) is 3.03. The maximum absolute atomic E-state index is 9.64. The lowest BCUT2D eigenvalue weighted by Crippen LogP contribution is -2.25. The van der Waals surface area contributed by atoms with E-state index >= 15 is 0 Å². The van der Waals surface area contributed by atoms with Crippen LogP contribution in [0.4, 0.5) is 5.69 Å². The Labute approximate surface area is 83.1 Å². The average Bonchev–Trinajstić information content (AvgIpc) is 2.61. The molecule has 0 amide bonds. The highest BCUT2D eigenvalue weighted by molar-refractivity contribution is 5.46. The molecule has 0 radical (unpaired) electrons. The van der Waals surface area contributed by atoms with E-state index in [1.165, 1.54) is 0 Å². The van der Waals surface area contributed by atoms with Crippen molar-refractivity contribution in [2.45, 2.75) is 12.2 Å². The third kappa shape index (κ3) is 1.71. The number of hydrogen-bond acceptors (Lipinski definition) is 4. The smallest absolute Gasteiger partial charge is 0.102 e. The molecule has 1 N–H and O–H groups in total. The van der Waals surface area contributed by atoms with Crippen molar-refractivity contribution in [3.8, 4) is 0 Å². The zero-order valence-electron chi connectivity index (χ0n) is 8.13. The van der Waals surface area contributed by atoms with E-state index in [-0.39, 0.29) is 6.10 Å². The fourth-order valence-corrected chi connectivity index (χ4v) is 1.75. The van der Waals surface area contributed by atoms with Crippen molar-refractivity contribution in [2.75, 3.05) is 25.1 Å². The summed E-state index contributed by atoms with van der Waals surface area (Å²) in [5.41, 5.74) is 1.08. The molecule has 1 saturated heterocycles. The minimum absolute atomic E-state index is 0.0804. The van der Waals surface area contributed by atoms with Gasteiger partial charge in [0.1, 0.15) is 6.10 Å². The highest BCUT2D eigenvalue weighted by atomic mass is 16.5. The lowest BCUT2D eigenvalue weighted by Gasteiger charge is -2.17. The van der Waals surface area contributed by atoms with Gasteiger partial charge in [-0.1, -0.05) is 0 Å². The third-order valence-corrected chi connectivity index (χ3v) is 2.57. The van der Waals surface area contributed by atoms with Gasteiger partial charge in [-0.25, -0.2) is 0 Å². The van der Waals surface area contributed by atoms with Crippen LogP contribution in [0, 0.1) is 0 Å². The molecule has 0 aromatic carbocycles. The summed E-state index contributed by atoms with van der Waals surface area (Å²) in [6.45, 7) is 1.37. The predicted molar refractivity (Wildman–Crippen MR) is 53.3 cm³/mol. The number of methoxy groups -OCH3 is 1. The standard InChI is InChI=1S/C10H14N2O2/c1-14-10-7-12(6-9(10)13)8-2-4-11-5-3-8/h2-5,9-10,13H,6-7H2,1H3/t9-,10-/m1/s1. The van der Waals surface area contributed by atoms with E-state index in [0.717, 1.165) is 12.2 Å². The zero-order valence-corrected chi connectivity index (χ0v) is 8.13. The molecule has 0 unspecified atom stereocenters.